The van der Waals surface area contributed by atoms with E-state index in [9.17, 15) is 15.0 Å². The summed E-state index contributed by atoms with van der Waals surface area (Å²) in [5, 5.41) is 22.4. The van der Waals surface area contributed by atoms with Crippen LogP contribution in [0.1, 0.15) is 27.2 Å². The zero-order valence-electron chi connectivity index (χ0n) is 16.6. The lowest BCUT2D eigenvalue weighted by Gasteiger charge is -2.29. The van der Waals surface area contributed by atoms with Crippen molar-refractivity contribution in [3.63, 3.8) is 0 Å². The summed E-state index contributed by atoms with van der Waals surface area (Å²) in [4.78, 5) is 12.5. The summed E-state index contributed by atoms with van der Waals surface area (Å²) >= 11 is 7.19. The average molecular weight is 452 g/mol. The molecule has 0 aliphatic heterocycles. The second kappa shape index (κ2) is 12.8. The Labute approximate surface area is 176 Å². The van der Waals surface area contributed by atoms with Crippen LogP contribution in [0.3, 0.4) is 0 Å². The largest absolute Gasteiger partial charge is 0.462 e. The summed E-state index contributed by atoms with van der Waals surface area (Å²) in [7, 11) is 0. The minimum atomic E-state index is -3.23. The van der Waals surface area contributed by atoms with E-state index in [1.54, 1.807) is 49.9 Å². The van der Waals surface area contributed by atoms with Gasteiger partial charge in [0, 0.05) is 0 Å². The first-order chi connectivity index (χ1) is 13.2. The van der Waals surface area contributed by atoms with Gasteiger partial charge in [0.1, 0.15) is 17.9 Å². The smallest absolute Gasteiger partial charge is 0.323 e. The van der Waals surface area contributed by atoms with Crippen LogP contribution in [0.4, 0.5) is 0 Å². The molecule has 0 aliphatic rings. The number of carbonyl (C=O) groups excluding carboxylic acids is 1. The number of esters is 1. The maximum absolute atomic E-state index is 12.5. The maximum Gasteiger partial charge on any atom is 0.323 e. The van der Waals surface area contributed by atoms with E-state index in [-0.39, 0.29) is 12.7 Å². The highest BCUT2D eigenvalue weighted by atomic mass is 32.5. The van der Waals surface area contributed by atoms with E-state index >= 15 is 0 Å². The highest BCUT2D eigenvalue weighted by Crippen LogP contribution is 2.45. The fraction of sp³-hybridized carbons (Fsp3) is 0.611. The number of rotatable bonds is 13. The van der Waals surface area contributed by atoms with Crippen LogP contribution >= 0.6 is 18.4 Å². The fourth-order valence-corrected chi connectivity index (χ4v) is 4.84. The molecule has 0 fully saturated rings. The van der Waals surface area contributed by atoms with Crippen molar-refractivity contribution < 1.29 is 28.8 Å². The Morgan fingerprint density at radius 3 is 2.43 bits per heavy atom. The van der Waals surface area contributed by atoms with E-state index in [0.29, 0.717) is 17.9 Å². The summed E-state index contributed by atoms with van der Waals surface area (Å²) in [6.45, 7) is 1.54. The number of nitrogens with one attached hydrogen (secondary N) is 1. The molecule has 0 aliphatic carbocycles. The Hall–Kier alpha value is -0.670. The molecule has 0 saturated carbocycles. The Bertz CT molecular complexity index is 632. The van der Waals surface area contributed by atoms with Crippen molar-refractivity contribution in [3.05, 3.63) is 30.3 Å². The molecule has 4 atom stereocenters. The first kappa shape index (κ1) is 25.4. The molecule has 1 aromatic carbocycles. The van der Waals surface area contributed by atoms with Crippen LogP contribution in [0, 0.1) is 0 Å². The molecular weight excluding hydrogens is 421 g/mol. The average Bonchev–Trinajstić information content (AvgIpc) is 2.63. The van der Waals surface area contributed by atoms with Gasteiger partial charge in [-0.1, -0.05) is 18.2 Å². The molecule has 0 bridgehead atoms. The van der Waals surface area contributed by atoms with E-state index in [2.05, 4.69) is 5.09 Å². The Kier molecular flexibility index (Phi) is 11.6. The van der Waals surface area contributed by atoms with E-state index < -0.39 is 30.9 Å². The van der Waals surface area contributed by atoms with Gasteiger partial charge in [0.2, 0.25) is 0 Å². The van der Waals surface area contributed by atoms with Gasteiger partial charge in [-0.2, -0.15) is 11.8 Å². The lowest BCUT2D eigenvalue weighted by Crippen LogP contribution is -2.40. The fourth-order valence-electron chi connectivity index (χ4n) is 2.00. The molecule has 3 N–H and O–H groups in total. The molecular formula is C18H30NO6PS2. The molecule has 1 rings (SSSR count). The van der Waals surface area contributed by atoms with Crippen LogP contribution in [0.15, 0.2) is 30.3 Å². The van der Waals surface area contributed by atoms with Crippen molar-refractivity contribution in [2.75, 3.05) is 18.6 Å². The Balaban J connectivity index is 3.01. The number of aliphatic hydroxyl groups excluding tert-OH is 2. The van der Waals surface area contributed by atoms with Gasteiger partial charge in [-0.3, -0.25) is 4.79 Å². The van der Waals surface area contributed by atoms with Crippen molar-refractivity contribution in [2.45, 2.75) is 51.5 Å². The minimum absolute atomic E-state index is 0.233. The van der Waals surface area contributed by atoms with E-state index in [0.717, 1.165) is 0 Å². The number of hydrogen-bond donors (Lipinski definition) is 3. The van der Waals surface area contributed by atoms with Crippen LogP contribution < -0.4 is 9.61 Å². The molecule has 28 heavy (non-hydrogen) atoms. The zero-order chi connectivity index (χ0) is 21.2. The van der Waals surface area contributed by atoms with Crippen LogP contribution in [0.25, 0.3) is 0 Å². The Morgan fingerprint density at radius 2 is 1.89 bits per heavy atom. The number of thioether (sulfide) groups is 1. The zero-order valence-corrected chi connectivity index (χ0v) is 19.1. The number of ether oxygens (including phenoxy) is 1. The van der Waals surface area contributed by atoms with Crippen LogP contribution in [-0.4, -0.2) is 59.2 Å². The van der Waals surface area contributed by atoms with Crippen LogP contribution in [0.2, 0.25) is 0 Å². The topological polar surface area (TPSA) is 97.3 Å². The number of aliphatic hydroxyl groups is 2. The quantitative estimate of drug-likeness (QED) is 0.309. The van der Waals surface area contributed by atoms with Gasteiger partial charge in [0.25, 0.3) is 0 Å². The third-order valence-corrected chi connectivity index (χ3v) is 6.57. The minimum Gasteiger partial charge on any atom is -0.462 e. The lowest BCUT2D eigenvalue weighted by molar-refractivity contribution is -0.149. The number of para-hydroxylation sites is 1. The molecule has 0 saturated heterocycles. The van der Waals surface area contributed by atoms with Crippen molar-refractivity contribution in [1.82, 2.24) is 5.09 Å². The molecule has 10 heteroatoms. The van der Waals surface area contributed by atoms with E-state index in [1.807, 2.05) is 12.3 Å². The number of benzene rings is 1. The van der Waals surface area contributed by atoms with E-state index in [4.69, 9.17) is 25.6 Å². The predicted molar refractivity (Wildman–Crippen MR) is 116 cm³/mol. The van der Waals surface area contributed by atoms with Gasteiger partial charge in [-0.05, 0) is 63.1 Å². The summed E-state index contributed by atoms with van der Waals surface area (Å²) in [5.74, 6) is 0.752. The van der Waals surface area contributed by atoms with Crippen LogP contribution in [0.5, 0.6) is 5.75 Å². The van der Waals surface area contributed by atoms with Crippen molar-refractivity contribution >= 4 is 36.2 Å². The first-order valence-electron chi connectivity index (χ1n) is 8.99. The second-order valence-electron chi connectivity index (χ2n) is 6.45. The number of carbonyl (C=O) groups is 1. The van der Waals surface area contributed by atoms with Crippen molar-refractivity contribution in [1.29, 1.82) is 0 Å². The Morgan fingerprint density at radius 1 is 1.25 bits per heavy atom. The highest BCUT2D eigenvalue weighted by molar-refractivity contribution is 8.09. The van der Waals surface area contributed by atoms with Gasteiger partial charge in [0.05, 0.1) is 18.8 Å². The SMILES string of the molecule is CSCCC(NP(=S)(OCC(O)C(C)O)Oc1ccccc1)C(=O)OC(C)C. The molecule has 0 radical (unpaired) electrons. The summed E-state index contributed by atoms with van der Waals surface area (Å²) < 4.78 is 16.9. The molecule has 0 spiro atoms. The third-order valence-electron chi connectivity index (χ3n) is 3.50. The van der Waals surface area contributed by atoms with Gasteiger partial charge in [-0.25, -0.2) is 5.09 Å². The lowest BCUT2D eigenvalue weighted by atomic mass is 10.2. The number of hydrogen-bond acceptors (Lipinski definition) is 8. The summed E-state index contributed by atoms with van der Waals surface area (Å²) in [5.41, 5.74) is 0. The second-order valence-corrected chi connectivity index (χ2v) is 10.6. The van der Waals surface area contributed by atoms with Crippen molar-refractivity contribution in [3.8, 4) is 5.75 Å². The summed E-state index contributed by atoms with van der Waals surface area (Å²) in [6.07, 6.45) is 0.0359. The normalized spacial score (nSPS) is 16.8. The van der Waals surface area contributed by atoms with Gasteiger partial charge in [-0.15, -0.1) is 0 Å². The summed E-state index contributed by atoms with van der Waals surface area (Å²) in [6, 6.07) is 8.15. The van der Waals surface area contributed by atoms with Gasteiger partial charge in [0.15, 0.2) is 0 Å². The maximum atomic E-state index is 12.5. The standard InChI is InChI=1S/C18H30NO6PS2/c1-13(2)24-18(22)16(10-11-28-4)19-26(27,23-12-17(21)14(3)20)25-15-8-6-5-7-9-15/h5-9,13-14,16-17,20-21H,10-12H2,1-4H3,(H,19,27). The van der Waals surface area contributed by atoms with Gasteiger partial charge < -0.3 is 24.0 Å². The molecule has 1 aromatic rings. The monoisotopic (exact) mass is 451 g/mol. The van der Waals surface area contributed by atoms with Gasteiger partial charge >= 0.3 is 12.6 Å². The molecule has 0 heterocycles. The van der Waals surface area contributed by atoms with Crippen LogP contribution in [-0.2, 0) is 25.9 Å². The van der Waals surface area contributed by atoms with Crippen molar-refractivity contribution in [2.24, 2.45) is 0 Å². The molecule has 160 valence electrons. The molecule has 4 unspecified atom stereocenters. The molecule has 7 nitrogen and oxygen atoms in total. The predicted octanol–water partition coefficient (Wildman–Crippen LogP) is 2.71. The van der Waals surface area contributed by atoms with E-state index in [1.165, 1.54) is 6.92 Å². The molecule has 0 aromatic heterocycles. The molecule has 0 amide bonds. The highest BCUT2D eigenvalue weighted by Gasteiger charge is 2.31. The first-order valence-corrected chi connectivity index (χ1v) is 13.0. The third kappa shape index (κ3) is 9.69.